The minimum Gasteiger partial charge on any atom is -0.439 e. The summed E-state index contributed by atoms with van der Waals surface area (Å²) in [6, 6.07) is 15.7. The van der Waals surface area contributed by atoms with Gasteiger partial charge in [0.2, 0.25) is 5.88 Å². The standard InChI is InChI=1S/C20H13N7O2S/c28-20(13-2-7-16-17(10-13)26-30-25-16)24-14-3-5-15(6-4-14)29-19-11-18(21-12-22-19)27-9-1-8-23-27/h1-12H,(H,24,28). The molecule has 0 aliphatic carbocycles. The average Bonchev–Trinajstić information content (AvgIpc) is 3.47. The van der Waals surface area contributed by atoms with Gasteiger partial charge in [-0.2, -0.15) is 13.8 Å². The summed E-state index contributed by atoms with van der Waals surface area (Å²) in [5.41, 5.74) is 2.64. The monoisotopic (exact) mass is 415 g/mol. The molecule has 0 fully saturated rings. The van der Waals surface area contributed by atoms with Gasteiger partial charge in [-0.15, -0.1) is 0 Å². The molecule has 0 aliphatic rings. The number of fused-ring (bicyclic) bond motifs is 1. The van der Waals surface area contributed by atoms with Crippen LogP contribution in [0.2, 0.25) is 0 Å². The highest BCUT2D eigenvalue weighted by atomic mass is 32.1. The van der Waals surface area contributed by atoms with Crippen molar-refractivity contribution in [3.63, 3.8) is 0 Å². The molecular weight excluding hydrogens is 402 g/mol. The molecule has 0 radical (unpaired) electrons. The molecule has 1 amide bonds. The normalized spacial score (nSPS) is 10.8. The quantitative estimate of drug-likeness (QED) is 0.466. The molecule has 1 N–H and O–H groups in total. The fourth-order valence-corrected chi connectivity index (χ4v) is 3.29. The van der Waals surface area contributed by atoms with Crippen molar-refractivity contribution in [3.05, 3.63) is 78.9 Å². The smallest absolute Gasteiger partial charge is 0.255 e. The van der Waals surface area contributed by atoms with Crippen LogP contribution in [0.4, 0.5) is 5.69 Å². The van der Waals surface area contributed by atoms with E-state index in [-0.39, 0.29) is 5.91 Å². The van der Waals surface area contributed by atoms with E-state index < -0.39 is 0 Å². The highest BCUT2D eigenvalue weighted by Gasteiger charge is 2.09. The van der Waals surface area contributed by atoms with Gasteiger partial charge in [0.25, 0.3) is 5.91 Å². The van der Waals surface area contributed by atoms with Gasteiger partial charge in [-0.1, -0.05) is 0 Å². The van der Waals surface area contributed by atoms with Crippen molar-refractivity contribution in [2.24, 2.45) is 0 Å². The maximum atomic E-state index is 12.5. The Balaban J connectivity index is 1.27. The van der Waals surface area contributed by atoms with Gasteiger partial charge < -0.3 is 10.1 Å². The molecule has 0 unspecified atom stereocenters. The zero-order valence-corrected chi connectivity index (χ0v) is 16.2. The lowest BCUT2D eigenvalue weighted by Gasteiger charge is -2.08. The summed E-state index contributed by atoms with van der Waals surface area (Å²) in [7, 11) is 0. The topological polar surface area (TPSA) is 108 Å². The number of nitrogens with zero attached hydrogens (tertiary/aromatic N) is 6. The fraction of sp³-hybridized carbons (Fsp3) is 0. The maximum absolute atomic E-state index is 12.5. The van der Waals surface area contributed by atoms with Crippen molar-refractivity contribution >= 4 is 34.4 Å². The summed E-state index contributed by atoms with van der Waals surface area (Å²) in [5.74, 6) is 1.34. The van der Waals surface area contributed by atoms with Crippen molar-refractivity contribution in [2.75, 3.05) is 5.32 Å². The van der Waals surface area contributed by atoms with Crippen LogP contribution in [-0.2, 0) is 0 Å². The molecule has 146 valence electrons. The number of ether oxygens (including phenoxy) is 1. The van der Waals surface area contributed by atoms with Crippen LogP contribution < -0.4 is 10.1 Å². The first-order chi connectivity index (χ1) is 14.7. The molecule has 3 aromatic heterocycles. The molecule has 30 heavy (non-hydrogen) atoms. The van der Waals surface area contributed by atoms with Crippen LogP contribution in [0.3, 0.4) is 0 Å². The zero-order chi connectivity index (χ0) is 20.3. The number of carbonyl (C=O) groups is 1. The van der Waals surface area contributed by atoms with Gasteiger partial charge in [-0.3, -0.25) is 4.79 Å². The third-order valence-corrected chi connectivity index (χ3v) is 4.77. The van der Waals surface area contributed by atoms with E-state index in [9.17, 15) is 4.79 Å². The summed E-state index contributed by atoms with van der Waals surface area (Å²) in [6.07, 6.45) is 4.86. The van der Waals surface area contributed by atoms with E-state index in [0.29, 0.717) is 34.2 Å². The molecule has 0 saturated carbocycles. The number of anilines is 1. The second-order valence-electron chi connectivity index (χ2n) is 6.21. The van der Waals surface area contributed by atoms with Gasteiger partial charge in [0.15, 0.2) is 5.82 Å². The Kier molecular flexibility index (Phi) is 4.58. The summed E-state index contributed by atoms with van der Waals surface area (Å²) in [4.78, 5) is 20.8. The Bertz CT molecular complexity index is 1320. The van der Waals surface area contributed by atoms with Gasteiger partial charge in [0, 0.05) is 29.7 Å². The maximum Gasteiger partial charge on any atom is 0.255 e. The lowest BCUT2D eigenvalue weighted by atomic mass is 10.2. The molecule has 9 nitrogen and oxygen atoms in total. The van der Waals surface area contributed by atoms with E-state index in [1.165, 1.54) is 6.33 Å². The molecule has 2 aromatic carbocycles. The summed E-state index contributed by atoms with van der Waals surface area (Å²) >= 11 is 1.12. The van der Waals surface area contributed by atoms with Crippen molar-refractivity contribution < 1.29 is 9.53 Å². The van der Waals surface area contributed by atoms with E-state index in [2.05, 4.69) is 29.1 Å². The average molecular weight is 415 g/mol. The van der Waals surface area contributed by atoms with E-state index in [4.69, 9.17) is 4.74 Å². The SMILES string of the molecule is O=C(Nc1ccc(Oc2cc(-n3cccn3)ncn2)cc1)c1ccc2nsnc2c1. The lowest BCUT2D eigenvalue weighted by Crippen LogP contribution is -2.11. The number of hydrogen-bond acceptors (Lipinski definition) is 8. The first kappa shape index (κ1) is 17.9. The van der Waals surface area contributed by atoms with E-state index in [1.807, 2.05) is 6.07 Å². The zero-order valence-electron chi connectivity index (χ0n) is 15.3. The minimum atomic E-state index is -0.224. The second-order valence-corrected chi connectivity index (χ2v) is 6.74. The molecule has 5 rings (SSSR count). The highest BCUT2D eigenvalue weighted by Crippen LogP contribution is 2.23. The van der Waals surface area contributed by atoms with Crippen molar-refractivity contribution in [1.29, 1.82) is 0 Å². The number of aromatic nitrogens is 6. The number of carbonyl (C=O) groups excluding carboxylic acids is 1. The van der Waals surface area contributed by atoms with Crippen molar-refractivity contribution in [2.45, 2.75) is 0 Å². The van der Waals surface area contributed by atoms with Gasteiger partial charge >= 0.3 is 0 Å². The second kappa shape index (κ2) is 7.68. The first-order valence-corrected chi connectivity index (χ1v) is 9.61. The Morgan fingerprint density at radius 2 is 1.87 bits per heavy atom. The fourth-order valence-electron chi connectivity index (χ4n) is 2.77. The number of nitrogens with one attached hydrogen (secondary N) is 1. The number of benzene rings is 2. The van der Waals surface area contributed by atoms with Crippen LogP contribution in [0, 0.1) is 0 Å². The number of rotatable bonds is 5. The molecule has 5 aromatic rings. The Morgan fingerprint density at radius 3 is 2.70 bits per heavy atom. The Morgan fingerprint density at radius 1 is 1.00 bits per heavy atom. The van der Waals surface area contributed by atoms with Gasteiger partial charge in [-0.25, -0.2) is 14.6 Å². The minimum absolute atomic E-state index is 0.224. The Labute approximate surface area is 174 Å². The lowest BCUT2D eigenvalue weighted by molar-refractivity contribution is 0.102. The highest BCUT2D eigenvalue weighted by molar-refractivity contribution is 7.00. The van der Waals surface area contributed by atoms with Gasteiger partial charge in [0.1, 0.15) is 23.1 Å². The summed E-state index contributed by atoms with van der Waals surface area (Å²) in [5, 5.41) is 6.99. The molecule has 10 heteroatoms. The number of hydrogen-bond donors (Lipinski definition) is 1. The Hall–Kier alpha value is -4.18. The van der Waals surface area contributed by atoms with Gasteiger partial charge in [-0.05, 0) is 48.5 Å². The summed E-state index contributed by atoms with van der Waals surface area (Å²) < 4.78 is 15.7. The predicted molar refractivity (Wildman–Crippen MR) is 111 cm³/mol. The largest absolute Gasteiger partial charge is 0.439 e. The van der Waals surface area contributed by atoms with Crippen LogP contribution >= 0.6 is 11.7 Å². The number of amides is 1. The third-order valence-electron chi connectivity index (χ3n) is 4.22. The van der Waals surface area contributed by atoms with Crippen molar-refractivity contribution in [3.8, 4) is 17.4 Å². The molecule has 0 aliphatic heterocycles. The molecule has 0 atom stereocenters. The first-order valence-electron chi connectivity index (χ1n) is 8.88. The molecule has 3 heterocycles. The van der Waals surface area contributed by atoms with Crippen LogP contribution in [0.25, 0.3) is 16.9 Å². The van der Waals surface area contributed by atoms with E-state index >= 15 is 0 Å². The predicted octanol–water partition coefficient (Wildman–Crippen LogP) is 3.71. The van der Waals surface area contributed by atoms with Crippen LogP contribution in [0.1, 0.15) is 10.4 Å². The molecule has 0 spiro atoms. The van der Waals surface area contributed by atoms with E-state index in [1.54, 1.807) is 65.6 Å². The van der Waals surface area contributed by atoms with Gasteiger partial charge in [0.05, 0.1) is 11.7 Å². The van der Waals surface area contributed by atoms with Crippen LogP contribution in [0.5, 0.6) is 11.6 Å². The third kappa shape index (κ3) is 3.71. The summed E-state index contributed by atoms with van der Waals surface area (Å²) in [6.45, 7) is 0. The molecule has 0 saturated heterocycles. The van der Waals surface area contributed by atoms with Crippen molar-refractivity contribution in [1.82, 2.24) is 28.5 Å². The molecule has 0 bridgehead atoms. The van der Waals surface area contributed by atoms with Crippen LogP contribution in [-0.4, -0.2) is 34.4 Å². The molecular formula is C20H13N7O2S. The van der Waals surface area contributed by atoms with Crippen LogP contribution in [0.15, 0.2) is 73.3 Å². The van der Waals surface area contributed by atoms with E-state index in [0.717, 1.165) is 17.2 Å².